The van der Waals surface area contributed by atoms with Crippen molar-refractivity contribution in [3.05, 3.63) is 77.4 Å². The van der Waals surface area contributed by atoms with Crippen LogP contribution in [0, 0.1) is 0 Å². The van der Waals surface area contributed by atoms with E-state index in [2.05, 4.69) is 4.99 Å². The van der Waals surface area contributed by atoms with E-state index in [1.54, 1.807) is 57.2 Å². The van der Waals surface area contributed by atoms with E-state index in [0.29, 0.717) is 37.7 Å². The normalized spacial score (nSPS) is 14.6. The van der Waals surface area contributed by atoms with E-state index in [9.17, 15) is 14.4 Å². The molecule has 1 aliphatic rings. The predicted octanol–water partition coefficient (Wildman–Crippen LogP) is 4.11. The molecule has 0 unspecified atom stereocenters. The highest BCUT2D eigenvalue weighted by molar-refractivity contribution is 7.07. The number of fused-ring (bicyclic) bond motifs is 1. The monoisotopic (exact) mass is 644 g/mol. The number of esters is 1. The number of thiazole rings is 1. The first-order chi connectivity index (χ1) is 21.0. The summed E-state index contributed by atoms with van der Waals surface area (Å²) in [5.41, 5.74) is 1.37. The van der Waals surface area contributed by atoms with Crippen LogP contribution in [-0.2, 0) is 14.3 Å². The van der Waals surface area contributed by atoms with Crippen molar-refractivity contribution in [1.29, 1.82) is 0 Å². The van der Waals surface area contributed by atoms with Crippen molar-refractivity contribution in [1.82, 2.24) is 4.57 Å². The Bertz CT molecular complexity index is 1790. The molecule has 0 saturated heterocycles. The van der Waals surface area contributed by atoms with Gasteiger partial charge in [0.15, 0.2) is 34.4 Å². The summed E-state index contributed by atoms with van der Waals surface area (Å²) in [7, 11) is 1.52. The number of hydrogen-bond acceptors (Lipinski definition) is 10. The van der Waals surface area contributed by atoms with Gasteiger partial charge >= 0.3 is 11.9 Å². The number of carboxylic acid groups (broad SMARTS) is 1. The summed E-state index contributed by atoms with van der Waals surface area (Å²) in [4.78, 5) is 43.3. The van der Waals surface area contributed by atoms with Gasteiger partial charge in [-0.05, 0) is 76.1 Å². The quantitative estimate of drug-likeness (QED) is 0.289. The van der Waals surface area contributed by atoms with E-state index in [-0.39, 0.29) is 41.4 Å². The van der Waals surface area contributed by atoms with E-state index in [1.165, 1.54) is 11.7 Å². The minimum absolute atomic E-state index is 0.0862. The van der Waals surface area contributed by atoms with Crippen molar-refractivity contribution in [3.8, 4) is 23.0 Å². The molecule has 1 atom stereocenters. The van der Waals surface area contributed by atoms with Gasteiger partial charge in [-0.2, -0.15) is 0 Å². The van der Waals surface area contributed by atoms with Gasteiger partial charge in [0.25, 0.3) is 5.56 Å². The molecule has 1 aromatic heterocycles. The molecule has 2 heterocycles. The van der Waals surface area contributed by atoms with Gasteiger partial charge in [0.05, 0.1) is 53.3 Å². The third-order valence-corrected chi connectivity index (χ3v) is 7.62. The van der Waals surface area contributed by atoms with Crippen LogP contribution in [-0.4, -0.2) is 54.6 Å². The lowest BCUT2D eigenvalue weighted by atomic mass is 9.95. The minimum atomic E-state index is -1.17. The predicted molar refractivity (Wildman–Crippen MR) is 165 cm³/mol. The van der Waals surface area contributed by atoms with Crippen molar-refractivity contribution in [2.24, 2.45) is 4.99 Å². The molecule has 4 rings (SSSR count). The molecule has 0 aliphatic carbocycles. The molecular formula is C31H33ClN2O9S. The Morgan fingerprint density at radius 3 is 2.50 bits per heavy atom. The van der Waals surface area contributed by atoms with Gasteiger partial charge in [-0.1, -0.05) is 29.0 Å². The Balaban J connectivity index is 1.90. The molecule has 0 bridgehead atoms. The van der Waals surface area contributed by atoms with Crippen molar-refractivity contribution < 1.29 is 38.4 Å². The number of hydrogen-bond donors (Lipinski definition) is 1. The van der Waals surface area contributed by atoms with Crippen LogP contribution in [0.15, 0.2) is 51.4 Å². The standard InChI is InChI=1S/C31H33ClN2O9S/c1-7-40-23-12-18(11-20(32)28(23)42-15-25(35)36)13-24-29(37)34-27(19-9-10-21(43-16(3)4)22(14-19)39-6)26(30(38)41-8-2)17(5)33-31(34)44-24/h9-14,16,27H,7-8,15H2,1-6H3,(H,35,36)/b24-13-/t27-/m1/s1. The lowest BCUT2D eigenvalue weighted by molar-refractivity contribution is -0.140. The molecule has 11 nitrogen and oxygen atoms in total. The van der Waals surface area contributed by atoms with Gasteiger partial charge in [-0.15, -0.1) is 0 Å². The maximum absolute atomic E-state index is 14.0. The minimum Gasteiger partial charge on any atom is -0.493 e. The summed E-state index contributed by atoms with van der Waals surface area (Å²) in [6, 6.07) is 7.56. The number of rotatable bonds is 12. The highest BCUT2D eigenvalue weighted by atomic mass is 35.5. The number of halogens is 1. The fraction of sp³-hybridized carbons (Fsp3) is 0.355. The number of ether oxygens (including phenoxy) is 5. The Morgan fingerprint density at radius 1 is 1.11 bits per heavy atom. The third kappa shape index (κ3) is 6.92. The number of carbonyl (C=O) groups is 2. The lowest BCUT2D eigenvalue weighted by Crippen LogP contribution is -2.40. The van der Waals surface area contributed by atoms with E-state index < -0.39 is 30.1 Å². The van der Waals surface area contributed by atoms with Gasteiger partial charge in [-0.25, -0.2) is 14.6 Å². The molecule has 0 fully saturated rings. The first-order valence-electron chi connectivity index (χ1n) is 13.8. The van der Waals surface area contributed by atoms with Crippen LogP contribution in [0.2, 0.25) is 5.02 Å². The number of allylic oxidation sites excluding steroid dienone is 1. The first-order valence-corrected chi connectivity index (χ1v) is 15.0. The van der Waals surface area contributed by atoms with Crippen LogP contribution in [0.4, 0.5) is 0 Å². The number of benzene rings is 2. The lowest BCUT2D eigenvalue weighted by Gasteiger charge is -2.25. The zero-order valence-electron chi connectivity index (χ0n) is 25.1. The average molecular weight is 645 g/mol. The summed E-state index contributed by atoms with van der Waals surface area (Å²) < 4.78 is 29.6. The fourth-order valence-electron chi connectivity index (χ4n) is 4.67. The van der Waals surface area contributed by atoms with Crippen LogP contribution in [0.5, 0.6) is 23.0 Å². The summed E-state index contributed by atoms with van der Waals surface area (Å²) in [6.07, 6.45) is 1.53. The molecule has 0 radical (unpaired) electrons. The Kier molecular flexibility index (Phi) is 10.4. The number of nitrogens with zero attached hydrogens (tertiary/aromatic N) is 2. The molecule has 1 N–H and O–H groups in total. The molecule has 3 aromatic rings. The van der Waals surface area contributed by atoms with Gasteiger partial charge in [0.1, 0.15) is 0 Å². The van der Waals surface area contributed by atoms with E-state index in [4.69, 9.17) is 40.4 Å². The summed E-state index contributed by atoms with van der Waals surface area (Å²) in [5.74, 6) is -0.466. The summed E-state index contributed by atoms with van der Waals surface area (Å²) >= 11 is 7.59. The van der Waals surface area contributed by atoms with E-state index in [1.807, 2.05) is 13.8 Å². The zero-order valence-corrected chi connectivity index (χ0v) is 26.7. The van der Waals surface area contributed by atoms with E-state index in [0.717, 1.165) is 11.3 Å². The SMILES string of the molecule is CCOC(=O)C1=C(C)N=c2s/c(=C\c3cc(Cl)c(OCC(=O)O)c(OCC)c3)c(=O)n2[C@@H]1c1ccc(OC(C)C)c(OC)c1. The van der Waals surface area contributed by atoms with Gasteiger partial charge in [0.2, 0.25) is 0 Å². The second-order valence-electron chi connectivity index (χ2n) is 9.82. The Labute approximate surface area is 262 Å². The molecule has 0 amide bonds. The molecule has 2 aromatic carbocycles. The third-order valence-electron chi connectivity index (χ3n) is 6.35. The summed E-state index contributed by atoms with van der Waals surface area (Å²) in [5, 5.41) is 9.14. The number of carbonyl (C=O) groups excluding carboxylic acids is 1. The zero-order chi connectivity index (χ0) is 32.1. The van der Waals surface area contributed by atoms with Crippen molar-refractivity contribution >= 4 is 41.0 Å². The highest BCUT2D eigenvalue weighted by Crippen LogP contribution is 2.38. The second kappa shape index (κ2) is 14.0. The smallest absolute Gasteiger partial charge is 0.341 e. The van der Waals surface area contributed by atoms with Crippen molar-refractivity contribution in [2.45, 2.75) is 46.8 Å². The maximum atomic E-state index is 14.0. The van der Waals surface area contributed by atoms with Gasteiger partial charge < -0.3 is 28.8 Å². The van der Waals surface area contributed by atoms with Gasteiger partial charge in [0, 0.05) is 0 Å². The Hall–Kier alpha value is -4.29. The molecule has 1 aliphatic heterocycles. The molecule has 0 saturated carbocycles. The Morgan fingerprint density at radius 2 is 1.86 bits per heavy atom. The first kappa shape index (κ1) is 32.6. The molecule has 13 heteroatoms. The van der Waals surface area contributed by atoms with Crippen molar-refractivity contribution in [3.63, 3.8) is 0 Å². The molecule has 44 heavy (non-hydrogen) atoms. The van der Waals surface area contributed by atoms with Crippen LogP contribution in [0.3, 0.4) is 0 Å². The van der Waals surface area contributed by atoms with Crippen LogP contribution in [0.1, 0.15) is 51.8 Å². The number of methoxy groups -OCH3 is 1. The second-order valence-corrected chi connectivity index (χ2v) is 11.2. The van der Waals surface area contributed by atoms with E-state index >= 15 is 0 Å². The maximum Gasteiger partial charge on any atom is 0.341 e. The van der Waals surface area contributed by atoms with Crippen LogP contribution >= 0.6 is 22.9 Å². The average Bonchev–Trinajstić information content (AvgIpc) is 3.25. The summed E-state index contributed by atoms with van der Waals surface area (Å²) in [6.45, 7) is 8.79. The number of carboxylic acids is 1. The number of aliphatic carboxylic acids is 1. The fourth-order valence-corrected chi connectivity index (χ4v) is 5.99. The molecular weight excluding hydrogens is 612 g/mol. The molecule has 0 spiro atoms. The highest BCUT2D eigenvalue weighted by Gasteiger charge is 2.34. The van der Waals surface area contributed by atoms with Crippen LogP contribution < -0.4 is 33.8 Å². The van der Waals surface area contributed by atoms with Gasteiger partial charge in [-0.3, -0.25) is 9.36 Å². The van der Waals surface area contributed by atoms with Crippen molar-refractivity contribution in [2.75, 3.05) is 26.9 Å². The topological polar surface area (TPSA) is 135 Å². The largest absolute Gasteiger partial charge is 0.493 e. The molecule has 234 valence electrons. The number of aromatic nitrogens is 1. The van der Waals surface area contributed by atoms with Crippen LogP contribution in [0.25, 0.3) is 6.08 Å².